The van der Waals surface area contributed by atoms with Crippen LogP contribution in [0.4, 0.5) is 0 Å². The largest absolute Gasteiger partial charge is 0.496 e. The topological polar surface area (TPSA) is 78.6 Å². The zero-order valence-corrected chi connectivity index (χ0v) is 19.0. The van der Waals surface area contributed by atoms with E-state index in [4.69, 9.17) is 18.9 Å². The molecule has 2 aromatic heterocycles. The van der Waals surface area contributed by atoms with Gasteiger partial charge in [-0.05, 0) is 73.4 Å². The third kappa shape index (κ3) is 3.99. The summed E-state index contributed by atoms with van der Waals surface area (Å²) in [5, 5.41) is 0.759. The molecule has 0 saturated heterocycles. The maximum absolute atomic E-state index is 13.4. The normalized spacial score (nSPS) is 13.8. The molecule has 34 heavy (non-hydrogen) atoms. The summed E-state index contributed by atoms with van der Waals surface area (Å²) in [7, 11) is 1.55. The third-order valence-corrected chi connectivity index (χ3v) is 6.05. The van der Waals surface area contributed by atoms with Gasteiger partial charge in [-0.15, -0.1) is 0 Å². The smallest absolute Gasteiger partial charge is 0.339 e. The molecule has 0 unspecified atom stereocenters. The SMILES string of the molecule is COc1ccc(C(C)=O)cc1COC(=O)c1c2c(nc3ccccc13)C(=Cc1ccco1)CC2. The summed E-state index contributed by atoms with van der Waals surface area (Å²) in [6, 6.07) is 16.4. The lowest BCUT2D eigenvalue weighted by Gasteiger charge is -2.14. The number of aromatic nitrogens is 1. The van der Waals surface area contributed by atoms with E-state index in [2.05, 4.69) is 0 Å². The van der Waals surface area contributed by atoms with Gasteiger partial charge in [0.1, 0.15) is 18.1 Å². The molecule has 1 aliphatic rings. The number of ether oxygens (including phenoxy) is 2. The van der Waals surface area contributed by atoms with Crippen LogP contribution in [0.2, 0.25) is 0 Å². The molecule has 0 fully saturated rings. The number of furan rings is 1. The molecule has 6 heteroatoms. The van der Waals surface area contributed by atoms with E-state index in [9.17, 15) is 9.59 Å². The van der Waals surface area contributed by atoms with Gasteiger partial charge in [-0.25, -0.2) is 9.78 Å². The molecule has 0 saturated carbocycles. The number of para-hydroxylation sites is 1. The van der Waals surface area contributed by atoms with Crippen LogP contribution in [0.3, 0.4) is 0 Å². The molecular formula is C28H23NO5. The van der Waals surface area contributed by atoms with Crippen LogP contribution in [0, 0.1) is 0 Å². The summed E-state index contributed by atoms with van der Waals surface area (Å²) in [6.07, 6.45) is 5.05. The highest BCUT2D eigenvalue weighted by Gasteiger charge is 2.28. The molecule has 0 bridgehead atoms. The second-order valence-electron chi connectivity index (χ2n) is 8.18. The van der Waals surface area contributed by atoms with E-state index in [1.807, 2.05) is 42.5 Å². The summed E-state index contributed by atoms with van der Waals surface area (Å²) in [5.41, 5.74) is 5.15. The van der Waals surface area contributed by atoms with Crippen molar-refractivity contribution in [2.75, 3.05) is 7.11 Å². The monoisotopic (exact) mass is 453 g/mol. The van der Waals surface area contributed by atoms with Crippen LogP contribution in [0.25, 0.3) is 22.6 Å². The number of methoxy groups -OCH3 is 1. The van der Waals surface area contributed by atoms with Crippen molar-refractivity contribution in [3.05, 3.63) is 94.6 Å². The summed E-state index contributed by atoms with van der Waals surface area (Å²) in [6.45, 7) is 1.49. The molecule has 170 valence electrons. The van der Waals surface area contributed by atoms with Crippen LogP contribution in [0.15, 0.2) is 65.3 Å². The van der Waals surface area contributed by atoms with Gasteiger partial charge in [-0.1, -0.05) is 18.2 Å². The van der Waals surface area contributed by atoms with E-state index in [0.717, 1.165) is 39.9 Å². The second-order valence-corrected chi connectivity index (χ2v) is 8.18. The summed E-state index contributed by atoms with van der Waals surface area (Å²) in [4.78, 5) is 30.1. The summed E-state index contributed by atoms with van der Waals surface area (Å²) in [5.74, 6) is 0.819. The van der Waals surface area contributed by atoms with Crippen molar-refractivity contribution in [2.24, 2.45) is 0 Å². The molecular weight excluding hydrogens is 430 g/mol. The van der Waals surface area contributed by atoms with Gasteiger partial charge in [0, 0.05) is 16.5 Å². The predicted octanol–water partition coefficient (Wildman–Crippen LogP) is 5.88. The number of fused-ring (bicyclic) bond motifs is 2. The van der Waals surface area contributed by atoms with Crippen molar-refractivity contribution in [2.45, 2.75) is 26.4 Å². The van der Waals surface area contributed by atoms with E-state index in [0.29, 0.717) is 28.9 Å². The van der Waals surface area contributed by atoms with Crippen molar-refractivity contribution in [3.63, 3.8) is 0 Å². The lowest BCUT2D eigenvalue weighted by atomic mass is 10.0. The van der Waals surface area contributed by atoms with Crippen LogP contribution in [-0.2, 0) is 17.8 Å². The average Bonchev–Trinajstić information content (AvgIpc) is 3.51. The van der Waals surface area contributed by atoms with Crippen LogP contribution in [-0.4, -0.2) is 23.8 Å². The van der Waals surface area contributed by atoms with Gasteiger partial charge in [0.25, 0.3) is 0 Å². The first-order valence-electron chi connectivity index (χ1n) is 11.1. The highest BCUT2D eigenvalue weighted by Crippen LogP contribution is 2.38. The zero-order valence-electron chi connectivity index (χ0n) is 19.0. The maximum atomic E-state index is 13.4. The molecule has 6 nitrogen and oxygen atoms in total. The minimum atomic E-state index is -0.427. The fourth-order valence-electron chi connectivity index (χ4n) is 4.38. The van der Waals surface area contributed by atoms with Crippen LogP contribution < -0.4 is 4.74 Å². The molecule has 5 rings (SSSR count). The van der Waals surface area contributed by atoms with E-state index in [1.165, 1.54) is 6.92 Å². The molecule has 0 radical (unpaired) electrons. The molecule has 0 N–H and O–H groups in total. The van der Waals surface area contributed by atoms with Crippen molar-refractivity contribution in [3.8, 4) is 5.75 Å². The van der Waals surface area contributed by atoms with Gasteiger partial charge < -0.3 is 13.9 Å². The minimum Gasteiger partial charge on any atom is -0.496 e. The Kier molecular flexibility index (Phi) is 5.72. The zero-order chi connectivity index (χ0) is 23.7. The van der Waals surface area contributed by atoms with E-state index < -0.39 is 5.97 Å². The van der Waals surface area contributed by atoms with Gasteiger partial charge in [-0.3, -0.25) is 4.79 Å². The number of pyridine rings is 1. The number of nitrogens with zero attached hydrogens (tertiary/aromatic N) is 1. The Morgan fingerprint density at radius 3 is 2.71 bits per heavy atom. The Hall–Kier alpha value is -4.19. The molecule has 0 atom stereocenters. The van der Waals surface area contributed by atoms with E-state index in [-0.39, 0.29) is 12.4 Å². The summed E-state index contributed by atoms with van der Waals surface area (Å²) >= 11 is 0. The molecule has 0 aliphatic heterocycles. The second kappa shape index (κ2) is 8.98. The standard InChI is InChI=1S/C28H23NO5/c1-17(30)18-10-12-25(32-2)20(14-18)16-34-28(31)26-22-7-3-4-8-24(22)29-27-19(9-11-23(26)27)15-21-6-5-13-33-21/h3-8,10,12-15H,9,11,16H2,1-2H3. The fourth-order valence-corrected chi connectivity index (χ4v) is 4.38. The Labute approximate surface area is 196 Å². The molecule has 2 aromatic carbocycles. The lowest BCUT2D eigenvalue weighted by Crippen LogP contribution is -2.11. The van der Waals surface area contributed by atoms with Crippen LogP contribution >= 0.6 is 0 Å². The van der Waals surface area contributed by atoms with Gasteiger partial charge in [0.2, 0.25) is 0 Å². The Morgan fingerprint density at radius 1 is 1.09 bits per heavy atom. The van der Waals surface area contributed by atoms with E-state index in [1.54, 1.807) is 31.6 Å². The number of benzene rings is 2. The average molecular weight is 453 g/mol. The Bertz CT molecular complexity index is 1430. The number of rotatable bonds is 6. The lowest BCUT2D eigenvalue weighted by molar-refractivity contribution is 0.0471. The number of hydrogen-bond acceptors (Lipinski definition) is 6. The Morgan fingerprint density at radius 2 is 1.94 bits per heavy atom. The number of carbonyl (C=O) groups excluding carboxylic acids is 2. The van der Waals surface area contributed by atoms with Gasteiger partial charge in [-0.2, -0.15) is 0 Å². The predicted molar refractivity (Wildman–Crippen MR) is 129 cm³/mol. The van der Waals surface area contributed by atoms with Crippen molar-refractivity contribution in [1.29, 1.82) is 0 Å². The number of allylic oxidation sites excluding steroid dienone is 1. The van der Waals surface area contributed by atoms with Crippen molar-refractivity contribution >= 4 is 34.3 Å². The molecule has 0 spiro atoms. The number of esters is 1. The highest BCUT2D eigenvalue weighted by molar-refractivity contribution is 6.07. The highest BCUT2D eigenvalue weighted by atomic mass is 16.5. The number of ketones is 1. The number of Topliss-reactive ketones (excluding diaryl/α,β-unsaturated/α-hetero) is 1. The van der Waals surface area contributed by atoms with Crippen molar-refractivity contribution in [1.82, 2.24) is 4.98 Å². The number of carbonyl (C=O) groups is 2. The molecule has 4 aromatic rings. The maximum Gasteiger partial charge on any atom is 0.339 e. The molecule has 1 aliphatic carbocycles. The minimum absolute atomic E-state index is 0.0103. The van der Waals surface area contributed by atoms with Crippen LogP contribution in [0.5, 0.6) is 5.75 Å². The van der Waals surface area contributed by atoms with E-state index >= 15 is 0 Å². The van der Waals surface area contributed by atoms with Gasteiger partial charge in [0.05, 0.1) is 30.1 Å². The fraction of sp³-hybridized carbons (Fsp3) is 0.179. The Balaban J connectivity index is 1.53. The molecule has 0 amide bonds. The quantitative estimate of drug-likeness (QED) is 0.268. The first-order chi connectivity index (χ1) is 16.5. The first-order valence-corrected chi connectivity index (χ1v) is 11.1. The number of hydrogen-bond donors (Lipinski definition) is 0. The summed E-state index contributed by atoms with van der Waals surface area (Å²) < 4.78 is 16.6. The van der Waals surface area contributed by atoms with Gasteiger partial charge in [0.15, 0.2) is 5.78 Å². The third-order valence-electron chi connectivity index (χ3n) is 6.05. The van der Waals surface area contributed by atoms with Crippen LogP contribution in [0.1, 0.15) is 56.6 Å². The van der Waals surface area contributed by atoms with Crippen molar-refractivity contribution < 1.29 is 23.5 Å². The molecule has 2 heterocycles. The van der Waals surface area contributed by atoms with Gasteiger partial charge >= 0.3 is 5.97 Å². The first kappa shape index (κ1) is 21.6.